The molecule has 0 bridgehead atoms. The van der Waals surface area contributed by atoms with Crippen LogP contribution in [0.3, 0.4) is 0 Å². The number of benzene rings is 3. The molecule has 0 saturated carbocycles. The summed E-state index contributed by atoms with van der Waals surface area (Å²) in [5, 5.41) is 0. The van der Waals surface area contributed by atoms with E-state index >= 15 is 0 Å². The number of hydrogen-bond acceptors (Lipinski definition) is 0. The van der Waals surface area contributed by atoms with Gasteiger partial charge in [-0.25, -0.2) is 0 Å². The van der Waals surface area contributed by atoms with Crippen LogP contribution in [0.1, 0.15) is 41.5 Å². The summed E-state index contributed by atoms with van der Waals surface area (Å²) >= 11 is 0. The Morgan fingerprint density at radius 2 is 1.46 bits per heavy atom. The van der Waals surface area contributed by atoms with E-state index in [0.29, 0.717) is 0 Å². The molecule has 0 fully saturated rings. The van der Waals surface area contributed by atoms with Crippen LogP contribution >= 0.6 is 0 Å². The van der Waals surface area contributed by atoms with Crippen LogP contribution in [0.25, 0.3) is 16.5 Å². The fourth-order valence-electron chi connectivity index (χ4n) is 3.59. The van der Waals surface area contributed by atoms with Gasteiger partial charge < -0.3 is 0 Å². The molecule has 4 rings (SSSR count). The van der Waals surface area contributed by atoms with Gasteiger partial charge in [-0.3, -0.25) is 0 Å². The topological polar surface area (TPSA) is 4.36 Å². The SMILES string of the molecule is C(#[N+][CH-]c1ccccc1C1=C(/C=C/c2ccccc2)CCC1)c1ccccc1. The van der Waals surface area contributed by atoms with E-state index in [1.807, 2.05) is 36.9 Å². The minimum Gasteiger partial charge on any atom is -0.140 e. The molecule has 0 spiro atoms. The van der Waals surface area contributed by atoms with Gasteiger partial charge in [-0.15, -0.1) is 17.0 Å². The largest absolute Gasteiger partial charge is 0.222 e. The third kappa shape index (κ3) is 4.42. The predicted octanol–water partition coefficient (Wildman–Crippen LogP) is 7.23. The number of rotatable bonds is 4. The molecule has 3 aromatic rings. The molecule has 0 unspecified atom stereocenters. The fourth-order valence-corrected chi connectivity index (χ4v) is 3.59. The molecule has 0 atom stereocenters. The van der Waals surface area contributed by atoms with E-state index in [1.54, 1.807) is 0 Å². The van der Waals surface area contributed by atoms with Crippen molar-refractivity contribution in [1.29, 1.82) is 0 Å². The molecule has 0 amide bonds. The van der Waals surface area contributed by atoms with Crippen molar-refractivity contribution in [3.8, 4) is 6.07 Å². The molecular weight excluding hydrogens is 338 g/mol. The minimum absolute atomic E-state index is 0.989. The lowest BCUT2D eigenvalue weighted by molar-refractivity contribution is 0.921. The highest BCUT2D eigenvalue weighted by molar-refractivity contribution is 5.77. The summed E-state index contributed by atoms with van der Waals surface area (Å²) in [6.07, 6.45) is 7.96. The highest BCUT2D eigenvalue weighted by atomic mass is 14.6. The van der Waals surface area contributed by atoms with E-state index < -0.39 is 0 Å². The summed E-state index contributed by atoms with van der Waals surface area (Å²) in [6, 6.07) is 32.1. The maximum absolute atomic E-state index is 4.45. The number of hydrogen-bond donors (Lipinski definition) is 0. The standard InChI is InChI=1S/C27H23N/c1-3-10-22(11-4-1)18-19-24-15-9-17-26(24)27-16-8-7-14-25(27)21-28-20-23-12-5-2-6-13-23/h1-8,10-14,16,18-19,21H,9,15,17H2/b19-18+. The summed E-state index contributed by atoms with van der Waals surface area (Å²) in [6.45, 7) is 1.92. The monoisotopic (exact) mass is 361 g/mol. The van der Waals surface area contributed by atoms with Crippen LogP contribution in [0, 0.1) is 12.6 Å². The molecule has 0 aromatic heterocycles. The van der Waals surface area contributed by atoms with Gasteiger partial charge in [0.05, 0.1) is 0 Å². The van der Waals surface area contributed by atoms with Gasteiger partial charge in [0, 0.05) is 5.56 Å². The van der Waals surface area contributed by atoms with E-state index in [9.17, 15) is 0 Å². The second kappa shape index (κ2) is 8.93. The van der Waals surface area contributed by atoms with Crippen LogP contribution < -0.4 is 0 Å². The highest BCUT2D eigenvalue weighted by Gasteiger charge is 2.14. The Morgan fingerprint density at radius 1 is 0.750 bits per heavy atom. The van der Waals surface area contributed by atoms with Crippen molar-refractivity contribution in [2.45, 2.75) is 19.3 Å². The third-order valence-corrected chi connectivity index (χ3v) is 4.99. The Morgan fingerprint density at radius 3 is 2.29 bits per heavy atom. The second-order valence-electron chi connectivity index (χ2n) is 6.92. The van der Waals surface area contributed by atoms with Crippen molar-refractivity contribution in [1.82, 2.24) is 0 Å². The van der Waals surface area contributed by atoms with E-state index in [1.165, 1.54) is 28.7 Å². The molecule has 0 aliphatic heterocycles. The van der Waals surface area contributed by atoms with E-state index in [-0.39, 0.29) is 0 Å². The molecule has 136 valence electrons. The molecule has 0 saturated heterocycles. The van der Waals surface area contributed by atoms with Gasteiger partial charge in [0.15, 0.2) is 0 Å². The van der Waals surface area contributed by atoms with Crippen LogP contribution in [-0.4, -0.2) is 0 Å². The van der Waals surface area contributed by atoms with Crippen LogP contribution in [0.15, 0.2) is 96.6 Å². The van der Waals surface area contributed by atoms with Gasteiger partial charge in [-0.05, 0) is 24.8 Å². The van der Waals surface area contributed by atoms with Crippen molar-refractivity contribution in [3.05, 3.63) is 130 Å². The summed E-state index contributed by atoms with van der Waals surface area (Å²) in [5.74, 6) is 0. The molecule has 0 heterocycles. The van der Waals surface area contributed by atoms with Crippen molar-refractivity contribution >= 4 is 11.6 Å². The van der Waals surface area contributed by atoms with Crippen LogP contribution in [0.2, 0.25) is 0 Å². The Hall–Kier alpha value is -3.50. The summed E-state index contributed by atoms with van der Waals surface area (Å²) < 4.78 is 0. The summed E-state index contributed by atoms with van der Waals surface area (Å²) in [4.78, 5) is 4.45. The van der Waals surface area contributed by atoms with Crippen LogP contribution in [0.4, 0.5) is 0 Å². The molecule has 3 aromatic carbocycles. The van der Waals surface area contributed by atoms with Crippen LogP contribution in [0.5, 0.6) is 0 Å². The average Bonchev–Trinajstić information content (AvgIpc) is 3.23. The molecular formula is C27H23N. The van der Waals surface area contributed by atoms with E-state index in [2.05, 4.69) is 77.7 Å². The summed E-state index contributed by atoms with van der Waals surface area (Å²) in [7, 11) is 0. The minimum atomic E-state index is 0.989. The molecule has 1 nitrogen and oxygen atoms in total. The molecule has 28 heavy (non-hydrogen) atoms. The molecule has 1 heteroatoms. The van der Waals surface area contributed by atoms with Crippen molar-refractivity contribution in [3.63, 3.8) is 0 Å². The highest BCUT2D eigenvalue weighted by Crippen LogP contribution is 2.36. The first-order valence-corrected chi connectivity index (χ1v) is 9.79. The molecule has 1 aliphatic carbocycles. The first kappa shape index (κ1) is 17.9. The average molecular weight is 361 g/mol. The van der Waals surface area contributed by atoms with Gasteiger partial charge in [-0.1, -0.05) is 107 Å². The van der Waals surface area contributed by atoms with E-state index in [0.717, 1.165) is 24.0 Å². The lowest BCUT2D eigenvalue weighted by Crippen LogP contribution is -1.90. The zero-order valence-electron chi connectivity index (χ0n) is 15.9. The van der Waals surface area contributed by atoms with Crippen molar-refractivity contribution < 1.29 is 0 Å². The maximum Gasteiger partial charge on any atom is 0.222 e. The summed E-state index contributed by atoms with van der Waals surface area (Å²) in [5.41, 5.74) is 7.53. The first-order valence-electron chi connectivity index (χ1n) is 9.79. The smallest absolute Gasteiger partial charge is 0.140 e. The number of nitrogens with zero attached hydrogens (tertiary/aromatic N) is 1. The second-order valence-corrected chi connectivity index (χ2v) is 6.92. The lowest BCUT2D eigenvalue weighted by Gasteiger charge is -2.13. The third-order valence-electron chi connectivity index (χ3n) is 4.99. The van der Waals surface area contributed by atoms with Crippen molar-refractivity contribution in [2.75, 3.05) is 0 Å². The predicted molar refractivity (Wildman–Crippen MR) is 119 cm³/mol. The Labute approximate surface area is 167 Å². The number of allylic oxidation sites excluding steroid dienone is 3. The Bertz CT molecular complexity index is 1050. The molecule has 0 N–H and O–H groups in total. The molecule has 1 aliphatic rings. The van der Waals surface area contributed by atoms with Crippen molar-refractivity contribution in [2.24, 2.45) is 0 Å². The van der Waals surface area contributed by atoms with Gasteiger partial charge in [0.2, 0.25) is 12.6 Å². The maximum atomic E-state index is 4.45. The molecule has 0 radical (unpaired) electrons. The van der Waals surface area contributed by atoms with Crippen LogP contribution in [-0.2, 0) is 0 Å². The normalized spacial score (nSPS) is 13.4. The zero-order valence-corrected chi connectivity index (χ0v) is 15.9. The van der Waals surface area contributed by atoms with Gasteiger partial charge >= 0.3 is 0 Å². The van der Waals surface area contributed by atoms with E-state index in [4.69, 9.17) is 0 Å². The van der Waals surface area contributed by atoms with Gasteiger partial charge in [0.25, 0.3) is 0 Å². The Kier molecular flexibility index (Phi) is 5.71. The Balaban J connectivity index is 1.60. The first-order chi connectivity index (χ1) is 13.9. The zero-order chi connectivity index (χ0) is 19.0. The van der Waals surface area contributed by atoms with Gasteiger partial charge in [-0.2, -0.15) is 0 Å². The lowest BCUT2D eigenvalue weighted by atomic mass is 9.96. The fraction of sp³-hybridized carbons (Fsp3) is 0.111. The van der Waals surface area contributed by atoms with Gasteiger partial charge in [0.1, 0.15) is 0 Å². The quantitative estimate of drug-likeness (QED) is 0.432.